The number of hydrogen-bond acceptors (Lipinski definition) is 5. The van der Waals surface area contributed by atoms with Crippen LogP contribution in [0.1, 0.15) is 22.2 Å². The molecule has 3 aromatic rings. The number of nitrogens with zero attached hydrogens (tertiary/aromatic N) is 2. The number of ether oxygens (including phenoxy) is 1. The van der Waals surface area contributed by atoms with Gasteiger partial charge in [-0.1, -0.05) is 0 Å². The average molecular weight is 302 g/mol. The normalized spacial score (nSPS) is 12.4. The van der Waals surface area contributed by atoms with Crippen molar-refractivity contribution >= 4 is 11.6 Å². The first kappa shape index (κ1) is 14.1. The summed E-state index contributed by atoms with van der Waals surface area (Å²) in [7, 11) is 1.54. The lowest BCUT2D eigenvalue weighted by atomic mass is 10.2. The van der Waals surface area contributed by atoms with Crippen molar-refractivity contribution in [2.45, 2.75) is 6.04 Å². The summed E-state index contributed by atoms with van der Waals surface area (Å²) in [4.78, 5) is 23.9. The molecule has 2 N–H and O–H groups in total. The molecule has 0 aliphatic heterocycles. The van der Waals surface area contributed by atoms with Crippen molar-refractivity contribution in [3.63, 3.8) is 0 Å². The Labute approximate surface area is 124 Å². The van der Waals surface area contributed by atoms with Crippen molar-refractivity contribution in [3.05, 3.63) is 58.5 Å². The van der Waals surface area contributed by atoms with Crippen molar-refractivity contribution in [3.8, 4) is 0 Å². The second-order valence-electron chi connectivity index (χ2n) is 4.67. The monoisotopic (exact) mass is 302 g/mol. The van der Waals surface area contributed by atoms with Crippen LogP contribution in [0.25, 0.3) is 5.65 Å². The third-order valence-corrected chi connectivity index (χ3v) is 3.20. The maximum atomic E-state index is 12.3. The number of nitrogens with one attached hydrogen (secondary N) is 2. The number of carbonyl (C=O) groups is 1. The van der Waals surface area contributed by atoms with Crippen LogP contribution in [-0.2, 0) is 4.74 Å². The molecule has 0 saturated carbocycles. The van der Waals surface area contributed by atoms with Crippen molar-refractivity contribution in [1.82, 2.24) is 19.9 Å². The Morgan fingerprint density at radius 2 is 2.36 bits per heavy atom. The number of H-pyrrole nitrogens is 1. The first-order valence-corrected chi connectivity index (χ1v) is 6.59. The maximum absolute atomic E-state index is 12.3. The van der Waals surface area contributed by atoms with Crippen LogP contribution in [0.5, 0.6) is 0 Å². The highest BCUT2D eigenvalue weighted by Gasteiger charge is 2.18. The van der Waals surface area contributed by atoms with E-state index in [0.29, 0.717) is 17.0 Å². The molecule has 0 radical (unpaired) electrons. The molecule has 0 spiro atoms. The van der Waals surface area contributed by atoms with Crippen molar-refractivity contribution in [2.24, 2.45) is 0 Å². The van der Waals surface area contributed by atoms with Gasteiger partial charge in [0, 0.05) is 13.3 Å². The van der Waals surface area contributed by atoms with Crippen LogP contribution in [0.15, 0.2) is 45.9 Å². The molecule has 0 aliphatic rings. The molecule has 1 unspecified atom stereocenters. The zero-order valence-electron chi connectivity index (χ0n) is 11.8. The standard InChI is InChI=1S/C14H14N4O4/c1-21-8-10(11-3-2-6-22-11)15-13(19)9-4-5-12-16-17-14(20)18(12)7-9/h2-7,10H,8H2,1H3,(H,15,19)(H,17,20). The Bertz CT molecular complexity index is 834. The number of carbonyl (C=O) groups excluding carboxylic acids is 1. The Hall–Kier alpha value is -2.87. The number of fused-ring (bicyclic) bond motifs is 1. The van der Waals surface area contributed by atoms with Gasteiger partial charge in [0.1, 0.15) is 11.8 Å². The van der Waals surface area contributed by atoms with Crippen LogP contribution in [0.4, 0.5) is 0 Å². The van der Waals surface area contributed by atoms with Crippen LogP contribution < -0.4 is 11.0 Å². The lowest BCUT2D eigenvalue weighted by Crippen LogP contribution is -2.31. The molecule has 3 heterocycles. The number of pyridine rings is 1. The molecule has 3 rings (SSSR count). The molecule has 1 amide bonds. The van der Waals surface area contributed by atoms with Crippen LogP contribution in [0, 0.1) is 0 Å². The summed E-state index contributed by atoms with van der Waals surface area (Å²) < 4.78 is 11.7. The quantitative estimate of drug-likeness (QED) is 0.723. The topological polar surface area (TPSA) is 102 Å². The fraction of sp³-hybridized carbons (Fsp3) is 0.214. The van der Waals surface area contributed by atoms with E-state index in [2.05, 4.69) is 15.5 Å². The third-order valence-electron chi connectivity index (χ3n) is 3.20. The Morgan fingerprint density at radius 3 is 3.09 bits per heavy atom. The molecule has 22 heavy (non-hydrogen) atoms. The minimum Gasteiger partial charge on any atom is -0.467 e. The van der Waals surface area contributed by atoms with Crippen LogP contribution in [-0.4, -0.2) is 34.2 Å². The third kappa shape index (κ3) is 2.63. The lowest BCUT2D eigenvalue weighted by Gasteiger charge is -2.15. The number of aromatic nitrogens is 3. The van der Waals surface area contributed by atoms with Gasteiger partial charge in [0.2, 0.25) is 0 Å². The van der Waals surface area contributed by atoms with Crippen LogP contribution in [0.3, 0.4) is 0 Å². The van der Waals surface area contributed by atoms with Gasteiger partial charge in [-0.2, -0.15) is 5.10 Å². The van der Waals surface area contributed by atoms with Gasteiger partial charge in [-0.05, 0) is 24.3 Å². The van der Waals surface area contributed by atoms with E-state index in [4.69, 9.17) is 9.15 Å². The van der Waals surface area contributed by atoms with Crippen molar-refractivity contribution < 1.29 is 13.9 Å². The van der Waals surface area contributed by atoms with Gasteiger partial charge < -0.3 is 14.5 Å². The summed E-state index contributed by atoms with van der Waals surface area (Å²) in [6.45, 7) is 0.271. The predicted octanol–water partition coefficient (Wildman–Crippen LogP) is 0.733. The number of hydrogen-bond donors (Lipinski definition) is 2. The molecule has 0 bridgehead atoms. The summed E-state index contributed by atoms with van der Waals surface area (Å²) in [6, 6.07) is 6.26. The van der Waals surface area contributed by atoms with E-state index < -0.39 is 11.7 Å². The average Bonchev–Trinajstić information content (AvgIpc) is 3.17. The highest BCUT2D eigenvalue weighted by molar-refractivity contribution is 5.94. The van der Waals surface area contributed by atoms with E-state index in [9.17, 15) is 9.59 Å². The van der Waals surface area contributed by atoms with Gasteiger partial charge >= 0.3 is 5.69 Å². The zero-order valence-corrected chi connectivity index (χ0v) is 11.8. The minimum atomic E-state index is -0.413. The molecule has 3 aromatic heterocycles. The van der Waals surface area contributed by atoms with Gasteiger partial charge in [0.15, 0.2) is 5.65 Å². The van der Waals surface area contributed by atoms with Gasteiger partial charge in [-0.3, -0.25) is 4.79 Å². The van der Waals surface area contributed by atoms with Gasteiger partial charge in [0.25, 0.3) is 5.91 Å². The van der Waals surface area contributed by atoms with Crippen molar-refractivity contribution in [2.75, 3.05) is 13.7 Å². The van der Waals surface area contributed by atoms with Crippen LogP contribution in [0.2, 0.25) is 0 Å². The zero-order chi connectivity index (χ0) is 15.5. The number of amides is 1. The fourth-order valence-electron chi connectivity index (χ4n) is 2.13. The highest BCUT2D eigenvalue weighted by atomic mass is 16.5. The summed E-state index contributed by atoms with van der Waals surface area (Å²) in [5.74, 6) is 0.255. The van der Waals surface area contributed by atoms with Crippen LogP contribution >= 0.6 is 0 Å². The van der Waals surface area contributed by atoms with Gasteiger partial charge in [-0.15, -0.1) is 0 Å². The summed E-state index contributed by atoms with van der Waals surface area (Å²) in [6.07, 6.45) is 2.96. The van der Waals surface area contributed by atoms with E-state index in [1.165, 1.54) is 16.9 Å². The number of furan rings is 1. The summed E-state index contributed by atoms with van der Waals surface area (Å²) in [5.41, 5.74) is 0.383. The SMILES string of the molecule is COCC(NC(=O)c1ccc2n[nH]c(=O)n2c1)c1ccco1. The molecular formula is C14H14N4O4. The second kappa shape index (κ2) is 5.86. The molecule has 0 aromatic carbocycles. The number of aromatic amines is 1. The largest absolute Gasteiger partial charge is 0.467 e. The van der Waals surface area contributed by atoms with Crippen molar-refractivity contribution in [1.29, 1.82) is 0 Å². The Morgan fingerprint density at radius 1 is 1.50 bits per heavy atom. The first-order chi connectivity index (χ1) is 10.7. The molecule has 8 heteroatoms. The lowest BCUT2D eigenvalue weighted by molar-refractivity contribution is 0.0882. The van der Waals surface area contributed by atoms with E-state index in [1.54, 1.807) is 31.4 Å². The predicted molar refractivity (Wildman–Crippen MR) is 76.6 cm³/mol. The smallest absolute Gasteiger partial charge is 0.347 e. The number of rotatable bonds is 5. The molecule has 114 valence electrons. The Balaban J connectivity index is 1.85. The summed E-state index contributed by atoms with van der Waals surface area (Å²) >= 11 is 0. The number of methoxy groups -OCH3 is 1. The summed E-state index contributed by atoms with van der Waals surface area (Å²) in [5, 5.41) is 8.93. The van der Waals surface area contributed by atoms with E-state index in [1.807, 2.05) is 0 Å². The minimum absolute atomic E-state index is 0.271. The maximum Gasteiger partial charge on any atom is 0.347 e. The molecule has 0 saturated heterocycles. The first-order valence-electron chi connectivity index (χ1n) is 6.59. The molecule has 0 fully saturated rings. The molecule has 1 atom stereocenters. The fourth-order valence-corrected chi connectivity index (χ4v) is 2.13. The van der Waals surface area contributed by atoms with E-state index >= 15 is 0 Å². The van der Waals surface area contributed by atoms with E-state index in [-0.39, 0.29) is 12.5 Å². The molecular weight excluding hydrogens is 288 g/mol. The van der Waals surface area contributed by atoms with E-state index in [0.717, 1.165) is 0 Å². The molecule has 0 aliphatic carbocycles. The highest BCUT2D eigenvalue weighted by Crippen LogP contribution is 2.14. The van der Waals surface area contributed by atoms with Gasteiger partial charge in [0.05, 0.1) is 18.4 Å². The Kier molecular flexibility index (Phi) is 3.75. The molecule has 8 nitrogen and oxygen atoms in total. The van der Waals surface area contributed by atoms with Gasteiger partial charge in [-0.25, -0.2) is 14.3 Å². The second-order valence-corrected chi connectivity index (χ2v) is 4.67.